The van der Waals surface area contributed by atoms with Crippen LogP contribution in [0.2, 0.25) is 0 Å². The minimum absolute atomic E-state index is 0.160. The Morgan fingerprint density at radius 2 is 1.96 bits per heavy atom. The number of carbonyl (C=O) groups excluding carboxylic acids is 1. The third-order valence-electron chi connectivity index (χ3n) is 3.78. The van der Waals surface area contributed by atoms with E-state index in [0.717, 1.165) is 29.1 Å². The highest BCUT2D eigenvalue weighted by Gasteiger charge is 2.07. The molecule has 0 aromatic carbocycles. The molecule has 7 nitrogen and oxygen atoms in total. The molecule has 7 heteroatoms. The molecule has 0 radical (unpaired) electrons. The van der Waals surface area contributed by atoms with Crippen molar-refractivity contribution in [2.75, 3.05) is 18.4 Å². The number of aromatic nitrogens is 2. The van der Waals surface area contributed by atoms with Gasteiger partial charge in [0.15, 0.2) is 0 Å². The number of amides is 2. The van der Waals surface area contributed by atoms with E-state index in [1.807, 2.05) is 45.2 Å². The Balaban J connectivity index is 1.66. The van der Waals surface area contributed by atoms with Gasteiger partial charge in [-0.1, -0.05) is 6.07 Å². The molecule has 0 saturated carbocycles. The molecule has 0 fully saturated rings. The van der Waals surface area contributed by atoms with Crippen LogP contribution in [0.5, 0.6) is 0 Å². The molecular formula is C18H25N5O2. The number of nitrogens with one attached hydrogen (secondary N) is 4. The zero-order chi connectivity index (χ0) is 18.2. The molecule has 134 valence electrons. The Morgan fingerprint density at radius 3 is 2.64 bits per heavy atom. The number of hydrogen-bond acceptors (Lipinski definition) is 4. The van der Waals surface area contributed by atoms with Crippen molar-refractivity contribution in [2.45, 2.75) is 33.7 Å². The molecule has 0 aliphatic rings. The maximum atomic E-state index is 11.9. The Bertz CT molecular complexity index is 768. The minimum Gasteiger partial charge on any atom is -0.370 e. The molecule has 2 heterocycles. The van der Waals surface area contributed by atoms with Crippen LogP contribution in [0.25, 0.3) is 0 Å². The van der Waals surface area contributed by atoms with Crippen molar-refractivity contribution in [2.24, 2.45) is 0 Å². The van der Waals surface area contributed by atoms with E-state index in [9.17, 15) is 9.59 Å². The summed E-state index contributed by atoms with van der Waals surface area (Å²) in [6, 6.07) is 5.53. The number of H-pyrrole nitrogens is 1. The van der Waals surface area contributed by atoms with Crippen molar-refractivity contribution in [3.8, 4) is 0 Å². The van der Waals surface area contributed by atoms with Crippen LogP contribution >= 0.6 is 0 Å². The minimum atomic E-state index is -0.284. The van der Waals surface area contributed by atoms with E-state index < -0.39 is 0 Å². The van der Waals surface area contributed by atoms with Crippen LogP contribution in [0.3, 0.4) is 0 Å². The fraction of sp³-hybridized carbons (Fsp3) is 0.389. The number of urea groups is 1. The van der Waals surface area contributed by atoms with E-state index in [1.54, 1.807) is 0 Å². The third kappa shape index (κ3) is 5.95. The summed E-state index contributed by atoms with van der Waals surface area (Å²) in [7, 11) is 0. The first kappa shape index (κ1) is 18.5. The van der Waals surface area contributed by atoms with Crippen molar-refractivity contribution in [1.29, 1.82) is 0 Å². The van der Waals surface area contributed by atoms with Crippen molar-refractivity contribution >= 4 is 11.8 Å². The van der Waals surface area contributed by atoms with Crippen LogP contribution in [-0.4, -0.2) is 29.1 Å². The van der Waals surface area contributed by atoms with Crippen molar-refractivity contribution in [1.82, 2.24) is 20.6 Å². The number of anilines is 1. The molecule has 4 N–H and O–H groups in total. The first-order chi connectivity index (χ1) is 12.0. The number of hydrogen-bond donors (Lipinski definition) is 4. The lowest BCUT2D eigenvalue weighted by Gasteiger charge is -2.10. The summed E-state index contributed by atoms with van der Waals surface area (Å²) in [4.78, 5) is 30.7. The smallest absolute Gasteiger partial charge is 0.315 e. The molecule has 0 aliphatic carbocycles. The molecular weight excluding hydrogens is 318 g/mol. The molecule has 25 heavy (non-hydrogen) atoms. The van der Waals surface area contributed by atoms with Gasteiger partial charge in [-0.25, -0.2) is 9.78 Å². The lowest BCUT2D eigenvalue weighted by molar-refractivity contribution is 0.240. The summed E-state index contributed by atoms with van der Waals surface area (Å²) in [6.07, 6.45) is 2.58. The number of pyridine rings is 2. The van der Waals surface area contributed by atoms with Crippen LogP contribution in [-0.2, 0) is 6.54 Å². The standard InChI is InChI=1S/C18H25N5O2/c1-12-5-6-16(21-10-12)19-7-4-8-20-18(25)22-11-15-13(2)9-14(3)23-17(15)24/h5-6,9-10H,4,7-8,11H2,1-3H3,(H,19,21)(H,23,24)(H2,20,22,25). The highest BCUT2D eigenvalue weighted by Crippen LogP contribution is 2.04. The number of rotatable bonds is 7. The zero-order valence-electron chi connectivity index (χ0n) is 14.9. The number of aromatic amines is 1. The van der Waals surface area contributed by atoms with Gasteiger partial charge in [0.05, 0.1) is 6.54 Å². The van der Waals surface area contributed by atoms with Gasteiger partial charge in [0.2, 0.25) is 0 Å². The normalized spacial score (nSPS) is 10.4. The lowest BCUT2D eigenvalue weighted by atomic mass is 10.1. The Labute approximate surface area is 147 Å². The van der Waals surface area contributed by atoms with Crippen LogP contribution < -0.4 is 21.5 Å². The highest BCUT2D eigenvalue weighted by atomic mass is 16.2. The molecule has 0 atom stereocenters. The first-order valence-electron chi connectivity index (χ1n) is 8.33. The second-order valence-electron chi connectivity index (χ2n) is 6.05. The van der Waals surface area contributed by atoms with Gasteiger partial charge in [0.1, 0.15) is 5.82 Å². The van der Waals surface area contributed by atoms with Gasteiger partial charge >= 0.3 is 6.03 Å². The second-order valence-corrected chi connectivity index (χ2v) is 6.05. The predicted molar refractivity (Wildman–Crippen MR) is 98.9 cm³/mol. The third-order valence-corrected chi connectivity index (χ3v) is 3.78. The first-order valence-corrected chi connectivity index (χ1v) is 8.33. The predicted octanol–water partition coefficient (Wildman–Crippen LogP) is 2.00. The van der Waals surface area contributed by atoms with Gasteiger partial charge < -0.3 is 20.9 Å². The molecule has 0 bridgehead atoms. The Kier molecular flexibility index (Phi) is 6.56. The van der Waals surface area contributed by atoms with Crippen LogP contribution in [0.1, 0.15) is 28.8 Å². The van der Waals surface area contributed by atoms with Crippen LogP contribution in [0.4, 0.5) is 10.6 Å². The topological polar surface area (TPSA) is 98.9 Å². The van der Waals surface area contributed by atoms with E-state index in [0.29, 0.717) is 18.7 Å². The summed E-state index contributed by atoms with van der Waals surface area (Å²) in [5.41, 5.74) is 3.22. The molecule has 2 aromatic heterocycles. The summed E-state index contributed by atoms with van der Waals surface area (Å²) in [6.45, 7) is 7.14. The summed E-state index contributed by atoms with van der Waals surface area (Å²) >= 11 is 0. The largest absolute Gasteiger partial charge is 0.370 e. The van der Waals surface area contributed by atoms with E-state index in [1.165, 1.54) is 0 Å². The molecule has 0 aliphatic heterocycles. The fourth-order valence-electron chi connectivity index (χ4n) is 2.41. The monoisotopic (exact) mass is 343 g/mol. The summed E-state index contributed by atoms with van der Waals surface area (Å²) in [5, 5.41) is 8.68. The number of carbonyl (C=O) groups is 1. The van der Waals surface area contributed by atoms with Crippen LogP contribution in [0.15, 0.2) is 29.2 Å². The van der Waals surface area contributed by atoms with E-state index in [4.69, 9.17) is 0 Å². The molecule has 0 unspecified atom stereocenters. The molecule has 0 spiro atoms. The van der Waals surface area contributed by atoms with Gasteiger partial charge in [-0.2, -0.15) is 0 Å². The number of nitrogens with zero attached hydrogens (tertiary/aromatic N) is 1. The average Bonchev–Trinajstić information content (AvgIpc) is 2.55. The fourth-order valence-corrected chi connectivity index (χ4v) is 2.41. The molecule has 2 aromatic rings. The maximum Gasteiger partial charge on any atom is 0.315 e. The maximum absolute atomic E-state index is 11.9. The van der Waals surface area contributed by atoms with Gasteiger partial charge in [-0.05, 0) is 50.5 Å². The highest BCUT2D eigenvalue weighted by molar-refractivity contribution is 5.73. The number of aryl methyl sites for hydroxylation is 3. The zero-order valence-corrected chi connectivity index (χ0v) is 14.9. The van der Waals surface area contributed by atoms with E-state index in [-0.39, 0.29) is 18.1 Å². The molecule has 0 saturated heterocycles. The van der Waals surface area contributed by atoms with Crippen LogP contribution in [0, 0.1) is 20.8 Å². The second kappa shape index (κ2) is 8.86. The van der Waals surface area contributed by atoms with E-state index >= 15 is 0 Å². The van der Waals surface area contributed by atoms with Crippen molar-refractivity contribution < 1.29 is 4.79 Å². The molecule has 2 amide bonds. The van der Waals surface area contributed by atoms with E-state index in [2.05, 4.69) is 25.9 Å². The Morgan fingerprint density at radius 1 is 1.16 bits per heavy atom. The quantitative estimate of drug-likeness (QED) is 0.578. The molecule has 2 rings (SSSR count). The average molecular weight is 343 g/mol. The summed E-state index contributed by atoms with van der Waals surface area (Å²) < 4.78 is 0. The van der Waals surface area contributed by atoms with Crippen molar-refractivity contribution in [3.63, 3.8) is 0 Å². The SMILES string of the molecule is Cc1ccc(NCCCNC(=O)NCc2c(C)cc(C)[nH]c2=O)nc1. The van der Waals surface area contributed by atoms with Gasteiger partial charge in [-0.15, -0.1) is 0 Å². The lowest BCUT2D eigenvalue weighted by Crippen LogP contribution is -2.37. The van der Waals surface area contributed by atoms with Gasteiger partial charge in [0.25, 0.3) is 5.56 Å². The Hall–Kier alpha value is -2.83. The van der Waals surface area contributed by atoms with Crippen molar-refractivity contribution in [3.05, 3.63) is 57.1 Å². The van der Waals surface area contributed by atoms with Gasteiger partial charge in [-0.3, -0.25) is 4.79 Å². The summed E-state index contributed by atoms with van der Waals surface area (Å²) in [5.74, 6) is 0.823. The van der Waals surface area contributed by atoms with Gasteiger partial charge in [0, 0.05) is 30.5 Å².